The van der Waals surface area contributed by atoms with Crippen LogP contribution in [0, 0.1) is 0 Å². The predicted molar refractivity (Wildman–Crippen MR) is 97.5 cm³/mol. The lowest BCUT2D eigenvalue weighted by atomic mass is 10.1. The molecule has 122 valence electrons. The average molecular weight is 312 g/mol. The zero-order valence-electron chi connectivity index (χ0n) is 14.4. The number of allylic oxidation sites excluding steroid dienone is 4. The Kier molecular flexibility index (Phi) is 11.8. The van der Waals surface area contributed by atoms with Crippen molar-refractivity contribution in [1.29, 1.82) is 0 Å². The molecule has 0 saturated heterocycles. The average Bonchev–Trinajstić information content (AvgIpc) is 2.41. The summed E-state index contributed by atoms with van der Waals surface area (Å²) in [6.45, 7) is 15.7. The van der Waals surface area contributed by atoms with Crippen LogP contribution in [-0.4, -0.2) is 23.1 Å². The Hall–Kier alpha value is -0.510. The molecular weight excluding hydrogens is 278 g/mol. The van der Waals surface area contributed by atoms with Gasteiger partial charge in [-0.05, 0) is 51.6 Å². The van der Waals surface area contributed by atoms with Gasteiger partial charge in [-0.2, -0.15) is 0 Å². The van der Waals surface area contributed by atoms with Crippen molar-refractivity contribution in [3.8, 4) is 0 Å². The lowest BCUT2D eigenvalue weighted by Gasteiger charge is -2.12. The lowest BCUT2D eigenvalue weighted by molar-refractivity contribution is 0.128. The second-order valence-electron chi connectivity index (χ2n) is 5.77. The minimum Gasteiger partial charge on any atom is -0.379 e. The van der Waals surface area contributed by atoms with Crippen molar-refractivity contribution >= 4 is 11.8 Å². The van der Waals surface area contributed by atoms with E-state index in [2.05, 4.69) is 58.7 Å². The molecule has 0 spiro atoms. The smallest absolute Gasteiger partial charge is 0.105 e. The van der Waals surface area contributed by atoms with Gasteiger partial charge in [0.2, 0.25) is 0 Å². The van der Waals surface area contributed by atoms with E-state index in [0.29, 0.717) is 5.25 Å². The van der Waals surface area contributed by atoms with E-state index in [1.807, 2.05) is 11.8 Å². The van der Waals surface area contributed by atoms with Crippen molar-refractivity contribution in [3.63, 3.8) is 0 Å². The van der Waals surface area contributed by atoms with E-state index < -0.39 is 0 Å². The van der Waals surface area contributed by atoms with E-state index in [1.54, 1.807) is 0 Å². The topological polar surface area (TPSA) is 32.3 Å². The maximum Gasteiger partial charge on any atom is 0.105 e. The van der Waals surface area contributed by atoms with E-state index in [4.69, 9.17) is 0 Å². The number of thioether (sulfide) groups is 1. The number of rotatable bonds is 11. The third-order valence-electron chi connectivity index (χ3n) is 3.15. The zero-order valence-corrected chi connectivity index (χ0v) is 15.2. The van der Waals surface area contributed by atoms with E-state index in [-0.39, 0.29) is 6.23 Å². The molecule has 0 aliphatic heterocycles. The van der Waals surface area contributed by atoms with Crippen LogP contribution in [0.2, 0.25) is 0 Å². The van der Waals surface area contributed by atoms with Crippen molar-refractivity contribution < 1.29 is 5.11 Å². The molecule has 1 unspecified atom stereocenters. The molecule has 0 aliphatic rings. The second kappa shape index (κ2) is 12.1. The number of hydrogen-bond donors (Lipinski definition) is 2. The van der Waals surface area contributed by atoms with Crippen molar-refractivity contribution in [2.75, 3.05) is 6.54 Å². The van der Waals surface area contributed by atoms with Crippen LogP contribution >= 0.6 is 11.8 Å². The fourth-order valence-electron chi connectivity index (χ4n) is 1.81. The van der Waals surface area contributed by atoms with Crippen LogP contribution in [0.25, 0.3) is 0 Å². The molecule has 0 fully saturated rings. The molecule has 2 N–H and O–H groups in total. The molecule has 0 aromatic rings. The minimum absolute atomic E-state index is 0.382. The van der Waals surface area contributed by atoms with Gasteiger partial charge in [-0.3, -0.25) is 5.32 Å². The first-order valence-corrected chi connectivity index (χ1v) is 8.84. The summed E-state index contributed by atoms with van der Waals surface area (Å²) in [7, 11) is 0. The van der Waals surface area contributed by atoms with Gasteiger partial charge < -0.3 is 5.11 Å². The number of aliphatic hydroxyl groups is 1. The van der Waals surface area contributed by atoms with Crippen LogP contribution in [0.5, 0.6) is 0 Å². The first-order valence-electron chi connectivity index (χ1n) is 7.96. The van der Waals surface area contributed by atoms with E-state index >= 15 is 0 Å². The van der Waals surface area contributed by atoms with Crippen molar-refractivity contribution in [2.45, 2.75) is 71.8 Å². The van der Waals surface area contributed by atoms with Crippen molar-refractivity contribution in [2.24, 2.45) is 0 Å². The Balaban J connectivity index is 4.08. The predicted octanol–water partition coefficient (Wildman–Crippen LogP) is 5.02. The summed E-state index contributed by atoms with van der Waals surface area (Å²) in [5.74, 6) is 0. The van der Waals surface area contributed by atoms with Gasteiger partial charge in [0.1, 0.15) is 6.23 Å². The minimum atomic E-state index is -0.382. The monoisotopic (exact) mass is 311 g/mol. The van der Waals surface area contributed by atoms with E-state index in [1.165, 1.54) is 11.1 Å². The molecule has 0 aliphatic carbocycles. The Labute approximate surface area is 135 Å². The molecule has 0 aromatic heterocycles. The number of nitrogens with one attached hydrogen (secondary N) is 1. The Morgan fingerprint density at radius 3 is 2.52 bits per heavy atom. The molecule has 0 radical (unpaired) electrons. The summed E-state index contributed by atoms with van der Waals surface area (Å²) in [6.07, 6.45) is 7.79. The highest BCUT2D eigenvalue weighted by molar-refractivity contribution is 8.03. The fraction of sp³-hybridized carbons (Fsp3) is 0.667. The van der Waals surface area contributed by atoms with E-state index in [0.717, 1.165) is 37.1 Å². The number of aliphatic hydroxyl groups excluding tert-OH is 1. The molecule has 21 heavy (non-hydrogen) atoms. The highest BCUT2D eigenvalue weighted by atomic mass is 32.2. The SMILES string of the molecule is C=C(SC(C)C)C(C)=CC/C=C(\C)CCC(O)NCCC. The molecule has 2 nitrogen and oxygen atoms in total. The van der Waals surface area contributed by atoms with Gasteiger partial charge in [0.05, 0.1) is 0 Å². The summed E-state index contributed by atoms with van der Waals surface area (Å²) < 4.78 is 0. The molecular formula is C18H33NOS. The maximum atomic E-state index is 9.73. The van der Waals surface area contributed by atoms with Crippen LogP contribution in [0.3, 0.4) is 0 Å². The summed E-state index contributed by atoms with van der Waals surface area (Å²) in [6, 6.07) is 0. The summed E-state index contributed by atoms with van der Waals surface area (Å²) in [5.41, 5.74) is 2.60. The molecule has 0 saturated carbocycles. The molecule has 0 aromatic carbocycles. The maximum absolute atomic E-state index is 9.73. The Morgan fingerprint density at radius 1 is 1.29 bits per heavy atom. The molecule has 0 amide bonds. The van der Waals surface area contributed by atoms with Crippen molar-refractivity contribution in [3.05, 3.63) is 34.8 Å². The highest BCUT2D eigenvalue weighted by Gasteiger charge is 2.02. The van der Waals surface area contributed by atoms with Crippen LogP contribution in [0.4, 0.5) is 0 Å². The van der Waals surface area contributed by atoms with Crippen LogP contribution < -0.4 is 5.32 Å². The third kappa shape index (κ3) is 11.8. The quantitative estimate of drug-likeness (QED) is 0.319. The standard InChI is InChI=1S/C18H33NOS/c1-7-13-19-18(20)12-11-15(4)9-8-10-16(5)17(6)21-14(2)3/h9-10,14,18-20H,6-8,11-13H2,1-5H3/b15-9+,16-10?. The van der Waals surface area contributed by atoms with Gasteiger partial charge in [-0.15, -0.1) is 11.8 Å². The summed E-state index contributed by atoms with van der Waals surface area (Å²) >= 11 is 1.82. The first kappa shape index (κ1) is 20.5. The van der Waals surface area contributed by atoms with Gasteiger partial charge in [0.15, 0.2) is 0 Å². The Bertz CT molecular complexity index is 358. The molecule has 0 heterocycles. The lowest BCUT2D eigenvalue weighted by Crippen LogP contribution is -2.29. The van der Waals surface area contributed by atoms with Gasteiger partial charge in [-0.1, -0.05) is 45.1 Å². The van der Waals surface area contributed by atoms with E-state index in [9.17, 15) is 5.11 Å². The van der Waals surface area contributed by atoms with Crippen molar-refractivity contribution in [1.82, 2.24) is 5.32 Å². The fourth-order valence-corrected chi connectivity index (χ4v) is 2.65. The second-order valence-corrected chi connectivity index (χ2v) is 7.44. The van der Waals surface area contributed by atoms with Crippen LogP contribution in [-0.2, 0) is 0 Å². The summed E-state index contributed by atoms with van der Waals surface area (Å²) in [4.78, 5) is 1.16. The summed E-state index contributed by atoms with van der Waals surface area (Å²) in [5, 5.41) is 13.4. The van der Waals surface area contributed by atoms with Gasteiger partial charge in [-0.25, -0.2) is 0 Å². The van der Waals surface area contributed by atoms with Gasteiger partial charge in [0, 0.05) is 10.2 Å². The first-order chi connectivity index (χ1) is 9.86. The van der Waals surface area contributed by atoms with Gasteiger partial charge in [0.25, 0.3) is 0 Å². The molecule has 3 heteroatoms. The molecule has 0 rings (SSSR count). The number of hydrogen-bond acceptors (Lipinski definition) is 3. The van der Waals surface area contributed by atoms with Gasteiger partial charge >= 0.3 is 0 Å². The molecule has 1 atom stereocenters. The largest absolute Gasteiger partial charge is 0.379 e. The third-order valence-corrected chi connectivity index (χ3v) is 4.23. The van der Waals surface area contributed by atoms with Crippen LogP contribution in [0.15, 0.2) is 34.8 Å². The highest BCUT2D eigenvalue weighted by Crippen LogP contribution is 2.26. The molecule has 0 bridgehead atoms. The Morgan fingerprint density at radius 2 is 1.95 bits per heavy atom. The van der Waals surface area contributed by atoms with Crippen LogP contribution in [0.1, 0.15) is 60.3 Å². The normalized spacial score (nSPS) is 14.6. The zero-order chi connectivity index (χ0) is 16.3.